The first kappa shape index (κ1) is 14.7. The van der Waals surface area contributed by atoms with E-state index in [0.717, 1.165) is 11.3 Å². The summed E-state index contributed by atoms with van der Waals surface area (Å²) in [6.07, 6.45) is 0. The lowest BCUT2D eigenvalue weighted by atomic mass is 10.1. The molecule has 0 aromatic heterocycles. The van der Waals surface area contributed by atoms with Crippen molar-refractivity contribution in [3.63, 3.8) is 0 Å². The maximum absolute atomic E-state index is 12.2. The minimum Gasteiger partial charge on any atom is -0.367 e. The van der Waals surface area contributed by atoms with Gasteiger partial charge in [0.05, 0.1) is 11.5 Å². The number of hydrogen-bond acceptors (Lipinski definition) is 4. The molecule has 0 saturated carbocycles. The Morgan fingerprint density at radius 2 is 1.76 bits per heavy atom. The molecular weight excluding hydrogens is 268 g/mol. The molecule has 2 aromatic rings. The molecule has 2 rings (SSSR count). The van der Waals surface area contributed by atoms with Gasteiger partial charge in [-0.1, -0.05) is 18.2 Å². The zero-order valence-electron chi connectivity index (χ0n) is 11.9. The van der Waals surface area contributed by atoms with Gasteiger partial charge in [-0.3, -0.25) is 14.9 Å². The van der Waals surface area contributed by atoms with Gasteiger partial charge in [0.2, 0.25) is 0 Å². The molecule has 108 valence electrons. The van der Waals surface area contributed by atoms with E-state index in [1.807, 2.05) is 43.1 Å². The van der Waals surface area contributed by atoms with Crippen molar-refractivity contribution in [1.82, 2.24) is 0 Å². The van der Waals surface area contributed by atoms with Crippen LogP contribution in [0.1, 0.15) is 15.9 Å². The molecule has 21 heavy (non-hydrogen) atoms. The fraction of sp³-hybridized carbons (Fsp3) is 0.188. The number of carbonyl (C=O) groups is 1. The van der Waals surface area contributed by atoms with Gasteiger partial charge in [0.1, 0.15) is 0 Å². The molecule has 0 N–H and O–H groups in total. The van der Waals surface area contributed by atoms with Crippen LogP contribution in [0.4, 0.5) is 11.4 Å². The van der Waals surface area contributed by atoms with Gasteiger partial charge in [0.25, 0.3) is 5.69 Å². The third-order valence-electron chi connectivity index (χ3n) is 3.31. The first-order chi connectivity index (χ1) is 9.99. The van der Waals surface area contributed by atoms with Crippen molar-refractivity contribution in [3.05, 3.63) is 69.8 Å². The van der Waals surface area contributed by atoms with Gasteiger partial charge in [0, 0.05) is 30.4 Å². The van der Waals surface area contributed by atoms with Crippen molar-refractivity contribution in [2.45, 2.75) is 6.92 Å². The summed E-state index contributed by atoms with van der Waals surface area (Å²) in [6.45, 7) is 2.21. The van der Waals surface area contributed by atoms with Gasteiger partial charge in [-0.25, -0.2) is 0 Å². The molecule has 0 heterocycles. The number of likely N-dealkylation sites (N-methyl/N-ethyl adjacent to an activating group) is 1. The van der Waals surface area contributed by atoms with Gasteiger partial charge in [0.15, 0.2) is 5.78 Å². The van der Waals surface area contributed by atoms with Gasteiger partial charge >= 0.3 is 0 Å². The smallest absolute Gasteiger partial charge is 0.269 e. The van der Waals surface area contributed by atoms with Crippen LogP contribution in [0.15, 0.2) is 48.5 Å². The second-order valence-electron chi connectivity index (χ2n) is 4.87. The number of nitro groups is 1. The molecule has 5 heteroatoms. The molecule has 0 radical (unpaired) electrons. The Morgan fingerprint density at radius 3 is 2.33 bits per heavy atom. The number of non-ortho nitro benzene ring substituents is 1. The van der Waals surface area contributed by atoms with E-state index in [4.69, 9.17) is 0 Å². The normalized spacial score (nSPS) is 10.2. The van der Waals surface area contributed by atoms with Crippen LogP contribution in [-0.2, 0) is 0 Å². The monoisotopic (exact) mass is 284 g/mol. The van der Waals surface area contributed by atoms with Crippen LogP contribution < -0.4 is 4.90 Å². The summed E-state index contributed by atoms with van der Waals surface area (Å²) in [7, 11) is 1.85. The zero-order chi connectivity index (χ0) is 15.4. The number of aryl methyl sites for hydroxylation is 1. The van der Waals surface area contributed by atoms with E-state index in [1.54, 1.807) is 0 Å². The van der Waals surface area contributed by atoms with Gasteiger partial charge in [-0.15, -0.1) is 0 Å². The fourth-order valence-corrected chi connectivity index (χ4v) is 2.15. The van der Waals surface area contributed by atoms with Crippen LogP contribution in [0.2, 0.25) is 0 Å². The highest BCUT2D eigenvalue weighted by Gasteiger charge is 2.13. The van der Waals surface area contributed by atoms with E-state index < -0.39 is 4.92 Å². The standard InChI is InChI=1S/C16H16N2O3/c1-12-5-3-4-6-15(12)17(2)11-16(19)13-7-9-14(10-8-13)18(20)21/h3-10H,11H2,1-2H3. The van der Waals surface area contributed by atoms with Gasteiger partial charge in [-0.2, -0.15) is 0 Å². The maximum atomic E-state index is 12.2. The lowest BCUT2D eigenvalue weighted by Crippen LogP contribution is -2.26. The van der Waals surface area contributed by atoms with Crippen LogP contribution in [-0.4, -0.2) is 24.3 Å². The Morgan fingerprint density at radius 1 is 1.14 bits per heavy atom. The predicted molar refractivity (Wildman–Crippen MR) is 81.9 cm³/mol. The summed E-state index contributed by atoms with van der Waals surface area (Å²) in [6, 6.07) is 13.5. The van der Waals surface area contributed by atoms with Crippen molar-refractivity contribution in [2.75, 3.05) is 18.5 Å². The SMILES string of the molecule is Cc1ccccc1N(C)CC(=O)c1ccc([N+](=O)[O-])cc1. The summed E-state index contributed by atoms with van der Waals surface area (Å²) in [5.74, 6) is -0.0735. The van der Waals surface area contributed by atoms with Crippen LogP contribution in [0.5, 0.6) is 0 Å². The number of para-hydroxylation sites is 1. The number of nitro benzene ring substituents is 1. The Balaban J connectivity index is 2.11. The number of ketones is 1. The molecule has 0 aliphatic heterocycles. The number of benzene rings is 2. The third kappa shape index (κ3) is 3.45. The molecule has 0 aliphatic rings. The Bertz CT molecular complexity index is 665. The Labute approximate surface area is 123 Å². The molecule has 2 aromatic carbocycles. The molecule has 0 spiro atoms. The van der Waals surface area contributed by atoms with E-state index in [1.165, 1.54) is 24.3 Å². The van der Waals surface area contributed by atoms with Crippen molar-refractivity contribution in [3.8, 4) is 0 Å². The number of nitrogens with zero attached hydrogens (tertiary/aromatic N) is 2. The highest BCUT2D eigenvalue weighted by molar-refractivity contribution is 5.99. The quantitative estimate of drug-likeness (QED) is 0.480. The lowest BCUT2D eigenvalue weighted by molar-refractivity contribution is -0.384. The fourth-order valence-electron chi connectivity index (χ4n) is 2.15. The van der Waals surface area contributed by atoms with Gasteiger partial charge < -0.3 is 4.90 Å². The summed E-state index contributed by atoms with van der Waals surface area (Å²) < 4.78 is 0. The number of carbonyl (C=O) groups excluding carboxylic acids is 1. The van der Waals surface area contributed by atoms with E-state index in [9.17, 15) is 14.9 Å². The lowest BCUT2D eigenvalue weighted by Gasteiger charge is -2.20. The second kappa shape index (κ2) is 6.17. The summed E-state index contributed by atoms with van der Waals surface area (Å²) in [4.78, 5) is 24.2. The minimum atomic E-state index is -0.478. The van der Waals surface area contributed by atoms with Crippen LogP contribution in [0.25, 0.3) is 0 Å². The van der Waals surface area contributed by atoms with Crippen molar-refractivity contribution < 1.29 is 9.72 Å². The molecule has 0 fully saturated rings. The van der Waals surface area contributed by atoms with Crippen LogP contribution in [0.3, 0.4) is 0 Å². The van der Waals surface area contributed by atoms with E-state index >= 15 is 0 Å². The highest BCUT2D eigenvalue weighted by Crippen LogP contribution is 2.18. The first-order valence-electron chi connectivity index (χ1n) is 6.53. The molecule has 0 unspecified atom stereocenters. The molecule has 0 aliphatic carbocycles. The maximum Gasteiger partial charge on any atom is 0.269 e. The largest absolute Gasteiger partial charge is 0.367 e. The molecule has 0 bridgehead atoms. The Kier molecular flexibility index (Phi) is 4.33. The summed E-state index contributed by atoms with van der Waals surface area (Å²) in [5.41, 5.74) is 2.55. The predicted octanol–water partition coefficient (Wildman–Crippen LogP) is 3.22. The Hall–Kier alpha value is -2.69. The molecule has 5 nitrogen and oxygen atoms in total. The van der Waals surface area contributed by atoms with Crippen LogP contribution >= 0.6 is 0 Å². The summed E-state index contributed by atoms with van der Waals surface area (Å²) in [5, 5.41) is 10.6. The summed E-state index contributed by atoms with van der Waals surface area (Å²) >= 11 is 0. The number of rotatable bonds is 5. The number of hydrogen-bond donors (Lipinski definition) is 0. The third-order valence-corrected chi connectivity index (χ3v) is 3.31. The van der Waals surface area contributed by atoms with E-state index in [2.05, 4.69) is 0 Å². The molecule has 0 saturated heterocycles. The second-order valence-corrected chi connectivity index (χ2v) is 4.87. The molecular formula is C16H16N2O3. The number of Topliss-reactive ketones (excluding diaryl/α,β-unsaturated/α-hetero) is 1. The van der Waals surface area contributed by atoms with Crippen molar-refractivity contribution in [1.29, 1.82) is 0 Å². The minimum absolute atomic E-state index is 0.0150. The average molecular weight is 284 g/mol. The first-order valence-corrected chi connectivity index (χ1v) is 6.53. The molecule has 0 atom stereocenters. The number of anilines is 1. The average Bonchev–Trinajstić information content (AvgIpc) is 2.47. The zero-order valence-corrected chi connectivity index (χ0v) is 11.9. The van der Waals surface area contributed by atoms with Crippen molar-refractivity contribution in [2.24, 2.45) is 0 Å². The van der Waals surface area contributed by atoms with Crippen LogP contribution in [0, 0.1) is 17.0 Å². The van der Waals surface area contributed by atoms with Gasteiger partial charge in [-0.05, 0) is 30.7 Å². The van der Waals surface area contributed by atoms with Crippen molar-refractivity contribution >= 4 is 17.2 Å². The van der Waals surface area contributed by atoms with E-state index in [0.29, 0.717) is 5.56 Å². The van der Waals surface area contributed by atoms with E-state index in [-0.39, 0.29) is 18.0 Å². The molecule has 0 amide bonds. The topological polar surface area (TPSA) is 63.5 Å². The highest BCUT2D eigenvalue weighted by atomic mass is 16.6.